The normalized spacial score (nSPS) is 28.1. The molecule has 42 heavy (non-hydrogen) atoms. The zero-order valence-corrected chi connectivity index (χ0v) is 23.2. The molecule has 0 amide bonds. The van der Waals surface area contributed by atoms with Gasteiger partial charge in [0.2, 0.25) is 0 Å². The van der Waals surface area contributed by atoms with Crippen LogP contribution in [0.25, 0.3) is 22.1 Å². The summed E-state index contributed by atoms with van der Waals surface area (Å²) < 4.78 is 49.4. The maximum absolute atomic E-state index is 12.5. The zero-order valence-electron chi connectivity index (χ0n) is 23.2. The second kappa shape index (κ2) is 10.7. The lowest BCUT2D eigenvalue weighted by molar-refractivity contribution is -0.274. The number of aryl methyl sites for hydroxylation is 1. The number of nitrogens with zero attached hydrogens (tertiary/aromatic N) is 4. The first kappa shape index (κ1) is 28.6. The van der Waals surface area contributed by atoms with Crippen LogP contribution in [-0.2, 0) is 11.2 Å². The first-order valence-corrected chi connectivity index (χ1v) is 14.0. The van der Waals surface area contributed by atoms with Crippen molar-refractivity contribution in [2.75, 3.05) is 12.3 Å². The van der Waals surface area contributed by atoms with Gasteiger partial charge in [-0.15, -0.1) is 13.2 Å². The summed E-state index contributed by atoms with van der Waals surface area (Å²) in [7, 11) is 0. The second-order valence-electron chi connectivity index (χ2n) is 11.7. The molecule has 0 radical (unpaired) electrons. The number of fused-ring (bicyclic) bond motifs is 2. The van der Waals surface area contributed by atoms with Gasteiger partial charge in [0.15, 0.2) is 6.23 Å². The molecule has 1 saturated carbocycles. The Bertz CT molecular complexity index is 1570. The van der Waals surface area contributed by atoms with Crippen molar-refractivity contribution in [3.8, 4) is 5.75 Å². The molecule has 0 spiro atoms. The van der Waals surface area contributed by atoms with E-state index in [-0.39, 0.29) is 11.3 Å². The average molecular weight is 590 g/mol. The van der Waals surface area contributed by atoms with Gasteiger partial charge in [0.05, 0.1) is 16.4 Å². The Morgan fingerprint density at radius 1 is 1.21 bits per heavy atom. The van der Waals surface area contributed by atoms with E-state index in [1.807, 2.05) is 0 Å². The van der Waals surface area contributed by atoms with Crippen LogP contribution in [0.2, 0.25) is 0 Å². The van der Waals surface area contributed by atoms with Gasteiger partial charge >= 0.3 is 6.36 Å². The number of halogens is 3. The third kappa shape index (κ3) is 5.39. The molecule has 1 aliphatic heterocycles. The first-order valence-electron chi connectivity index (χ1n) is 14.0. The number of aromatic amines is 1. The van der Waals surface area contributed by atoms with E-state index in [0.717, 1.165) is 25.1 Å². The van der Waals surface area contributed by atoms with E-state index in [9.17, 15) is 23.4 Å². The van der Waals surface area contributed by atoms with Crippen LogP contribution in [0.4, 0.5) is 19.0 Å². The zero-order chi connectivity index (χ0) is 29.8. The minimum Gasteiger partial charge on any atom is -0.406 e. The van der Waals surface area contributed by atoms with Gasteiger partial charge < -0.3 is 40.3 Å². The van der Waals surface area contributed by atoms with Crippen LogP contribution >= 0.6 is 0 Å². The molecule has 0 bridgehead atoms. The summed E-state index contributed by atoms with van der Waals surface area (Å²) in [6.45, 7) is 4.67. The molecule has 226 valence electrons. The number of anilines is 1. The molecule has 4 atom stereocenters. The van der Waals surface area contributed by atoms with Crippen molar-refractivity contribution in [3.63, 3.8) is 0 Å². The number of aromatic nitrogens is 5. The van der Waals surface area contributed by atoms with E-state index in [2.05, 4.69) is 43.8 Å². The molecule has 2 fully saturated rings. The van der Waals surface area contributed by atoms with Gasteiger partial charge in [-0.2, -0.15) is 0 Å². The maximum atomic E-state index is 12.5. The molecule has 4 heterocycles. The largest absolute Gasteiger partial charge is 0.573 e. The maximum Gasteiger partial charge on any atom is 0.573 e. The number of H-pyrrole nitrogens is 1. The smallest absolute Gasteiger partial charge is 0.406 e. The van der Waals surface area contributed by atoms with E-state index in [1.54, 1.807) is 16.8 Å². The molecule has 1 saturated heterocycles. The van der Waals surface area contributed by atoms with Gasteiger partial charge in [-0.1, -0.05) is 13.8 Å². The van der Waals surface area contributed by atoms with Crippen molar-refractivity contribution in [2.45, 2.75) is 76.0 Å². The molecular weight excluding hydrogens is 555 g/mol. The second-order valence-corrected chi connectivity index (χ2v) is 11.7. The lowest BCUT2D eigenvalue weighted by atomic mass is 9.61. The number of nitrogen functional groups attached to an aromatic ring is 1. The Morgan fingerprint density at radius 2 is 2.00 bits per heavy atom. The van der Waals surface area contributed by atoms with Crippen LogP contribution in [0.1, 0.15) is 45.2 Å². The molecule has 3 aromatic heterocycles. The molecule has 0 unspecified atom stereocenters. The number of hydrogen-bond acceptors (Lipinski definition) is 9. The fraction of sp³-hybridized carbons (Fsp3) is 0.536. The first-order chi connectivity index (χ1) is 19.9. The minimum absolute atomic E-state index is 0.143. The summed E-state index contributed by atoms with van der Waals surface area (Å²) >= 11 is 0. The molecule has 11 nitrogen and oxygen atoms in total. The van der Waals surface area contributed by atoms with Crippen LogP contribution in [0, 0.1) is 11.8 Å². The number of alkyl halides is 3. The quantitative estimate of drug-likeness (QED) is 0.197. The predicted molar refractivity (Wildman–Crippen MR) is 147 cm³/mol. The van der Waals surface area contributed by atoms with Gasteiger partial charge in [0, 0.05) is 30.8 Å². The number of ether oxygens (including phenoxy) is 2. The highest BCUT2D eigenvalue weighted by atomic mass is 19.4. The van der Waals surface area contributed by atoms with Crippen molar-refractivity contribution in [2.24, 2.45) is 11.8 Å². The molecule has 6 rings (SSSR count). The van der Waals surface area contributed by atoms with E-state index in [0.29, 0.717) is 52.7 Å². The number of imidazole rings is 1. The SMILES string of the molecule is CC(C)[C@]1(NC[C@H]2O[C@@H](n3ccc4c(N)ncnc43)[C@@H](O)[C@H]2O)C[C@H](CCc2nc3cc(OC(F)(F)F)ccc3[nH]2)C1. The van der Waals surface area contributed by atoms with E-state index in [1.165, 1.54) is 24.5 Å². The van der Waals surface area contributed by atoms with Crippen molar-refractivity contribution < 1.29 is 32.9 Å². The number of aliphatic hydroxyl groups excluding tert-OH is 2. The third-order valence-electron chi connectivity index (χ3n) is 8.74. The van der Waals surface area contributed by atoms with Crippen LogP contribution < -0.4 is 15.8 Å². The molecule has 14 heteroatoms. The highest BCUT2D eigenvalue weighted by Gasteiger charge is 2.49. The molecule has 6 N–H and O–H groups in total. The summed E-state index contributed by atoms with van der Waals surface area (Å²) in [4.78, 5) is 15.9. The summed E-state index contributed by atoms with van der Waals surface area (Å²) in [5.74, 6) is 1.50. The number of aliphatic hydroxyl groups is 2. The van der Waals surface area contributed by atoms with Gasteiger partial charge in [0.1, 0.15) is 47.7 Å². The van der Waals surface area contributed by atoms with Crippen LogP contribution in [0.15, 0.2) is 36.8 Å². The van der Waals surface area contributed by atoms with E-state index < -0.39 is 30.9 Å². The van der Waals surface area contributed by atoms with E-state index >= 15 is 0 Å². The Hall–Kier alpha value is -3.46. The number of nitrogens with two attached hydrogens (primary N) is 1. The Balaban J connectivity index is 1.04. The fourth-order valence-electron chi connectivity index (χ4n) is 6.32. The van der Waals surface area contributed by atoms with Crippen LogP contribution in [0.5, 0.6) is 5.75 Å². The lowest BCUT2D eigenvalue weighted by Gasteiger charge is -2.52. The summed E-state index contributed by atoms with van der Waals surface area (Å²) in [5.41, 5.74) is 7.40. The Kier molecular flexibility index (Phi) is 7.28. The highest BCUT2D eigenvalue weighted by Crippen LogP contribution is 2.45. The number of hydrogen-bond donors (Lipinski definition) is 5. The summed E-state index contributed by atoms with van der Waals surface area (Å²) in [6.07, 6.45) is -1.99. The minimum atomic E-state index is -4.75. The number of benzene rings is 1. The number of rotatable bonds is 9. The Morgan fingerprint density at radius 3 is 2.74 bits per heavy atom. The predicted octanol–water partition coefficient (Wildman–Crippen LogP) is 3.43. The third-order valence-corrected chi connectivity index (χ3v) is 8.74. The van der Waals surface area contributed by atoms with Gasteiger partial charge in [0.25, 0.3) is 0 Å². The standard InChI is InChI=1S/C28H34F3N7O4/c1-14(2)27(10-15(11-27)3-6-21-36-18-5-4-16(9-19(18)37-21)42-28(29,30)31)35-12-20-22(39)23(40)26(41-20)38-8-7-17-24(32)33-13-34-25(17)38/h4-5,7-9,13-15,20,22-23,26,35,39-40H,3,6,10-12H2,1-2H3,(H,36,37)(H2,32,33,34)/t15-,20-,22+,23+,26-,27-/m1/s1. The molecule has 4 aromatic rings. The number of nitrogens with one attached hydrogen (secondary N) is 2. The average Bonchev–Trinajstić information content (AvgIpc) is 3.58. The van der Waals surface area contributed by atoms with Crippen LogP contribution in [0.3, 0.4) is 0 Å². The van der Waals surface area contributed by atoms with Gasteiger partial charge in [-0.3, -0.25) is 0 Å². The monoisotopic (exact) mass is 589 g/mol. The topological polar surface area (TPSA) is 156 Å². The van der Waals surface area contributed by atoms with Gasteiger partial charge in [-0.25, -0.2) is 15.0 Å². The van der Waals surface area contributed by atoms with Crippen LogP contribution in [-0.4, -0.2) is 71.5 Å². The van der Waals surface area contributed by atoms with Crippen molar-refractivity contribution in [1.29, 1.82) is 0 Å². The van der Waals surface area contributed by atoms with Crippen molar-refractivity contribution >= 4 is 27.9 Å². The van der Waals surface area contributed by atoms with Gasteiger partial charge in [-0.05, 0) is 49.3 Å². The molecule has 1 aromatic carbocycles. The van der Waals surface area contributed by atoms with Crippen molar-refractivity contribution in [3.05, 3.63) is 42.6 Å². The summed E-state index contributed by atoms with van der Waals surface area (Å²) in [6, 6.07) is 5.84. The molecule has 2 aliphatic rings. The van der Waals surface area contributed by atoms with E-state index in [4.69, 9.17) is 10.5 Å². The molecule has 1 aliphatic carbocycles. The fourth-order valence-corrected chi connectivity index (χ4v) is 6.32. The van der Waals surface area contributed by atoms with Crippen molar-refractivity contribution in [1.82, 2.24) is 29.8 Å². The summed E-state index contributed by atoms with van der Waals surface area (Å²) in [5, 5.41) is 25.9. The lowest BCUT2D eigenvalue weighted by Crippen LogP contribution is -2.61. The Labute approximate surface area is 239 Å². The highest BCUT2D eigenvalue weighted by molar-refractivity contribution is 5.86. The molecular formula is C28H34F3N7O4.